The lowest BCUT2D eigenvalue weighted by Gasteiger charge is -2.21. The highest BCUT2D eigenvalue weighted by Gasteiger charge is 2.26. The average Bonchev–Trinajstić information content (AvgIpc) is 2.83. The van der Waals surface area contributed by atoms with Crippen LogP contribution in [0.1, 0.15) is 37.7 Å². The van der Waals surface area contributed by atoms with E-state index < -0.39 is 41.6 Å². The Morgan fingerprint density at radius 1 is 0.657 bits per heavy atom. The van der Waals surface area contributed by atoms with Crippen molar-refractivity contribution in [3.63, 3.8) is 0 Å². The number of amides is 5. The van der Waals surface area contributed by atoms with Gasteiger partial charge in [0.25, 0.3) is 0 Å². The van der Waals surface area contributed by atoms with E-state index in [0.717, 1.165) is 16.7 Å². The van der Waals surface area contributed by atoms with Gasteiger partial charge in [-0.15, -0.1) is 0 Å². The molecule has 186 valence electrons. The molecule has 0 aliphatic rings. The molecule has 0 bridgehead atoms. The molecule has 0 saturated heterocycles. The van der Waals surface area contributed by atoms with E-state index in [0.29, 0.717) is 6.42 Å². The number of aryl methyl sites for hydroxylation is 1. The van der Waals surface area contributed by atoms with Gasteiger partial charge in [0, 0.05) is 19.3 Å². The van der Waals surface area contributed by atoms with E-state index in [4.69, 9.17) is 17.2 Å². The molecule has 35 heavy (non-hydrogen) atoms. The number of carbonyl (C=O) groups is 5. The highest BCUT2D eigenvalue weighted by molar-refractivity contribution is 5.92. The van der Waals surface area contributed by atoms with Gasteiger partial charge in [0.2, 0.25) is 29.5 Å². The summed E-state index contributed by atoms with van der Waals surface area (Å²) in [5, 5.41) is 4.99. The largest absolute Gasteiger partial charge is 0.370 e. The fourth-order valence-corrected chi connectivity index (χ4v) is 3.42. The molecule has 0 radical (unpaired) electrons. The molecule has 2 atom stereocenters. The number of hydrogen-bond donors (Lipinski definition) is 5. The molecule has 10 nitrogen and oxygen atoms in total. The first-order valence-electron chi connectivity index (χ1n) is 11.3. The summed E-state index contributed by atoms with van der Waals surface area (Å²) in [6.07, 6.45) is 0.0997. The maximum Gasteiger partial charge on any atom is 0.243 e. The first-order valence-corrected chi connectivity index (χ1v) is 11.3. The Bertz CT molecular complexity index is 1040. The summed E-state index contributed by atoms with van der Waals surface area (Å²) in [7, 11) is 0. The Kier molecular flexibility index (Phi) is 10.4. The first-order chi connectivity index (χ1) is 16.7. The number of carbonyl (C=O) groups excluding carboxylic acids is 5. The molecule has 8 N–H and O–H groups in total. The van der Waals surface area contributed by atoms with Crippen molar-refractivity contribution in [2.24, 2.45) is 17.2 Å². The van der Waals surface area contributed by atoms with Crippen LogP contribution in [0.25, 0.3) is 11.1 Å². The number of rotatable bonds is 14. The summed E-state index contributed by atoms with van der Waals surface area (Å²) in [6.45, 7) is 0. The summed E-state index contributed by atoms with van der Waals surface area (Å²) in [5.74, 6) is -3.26. The Morgan fingerprint density at radius 2 is 1.20 bits per heavy atom. The smallest absolute Gasteiger partial charge is 0.243 e. The van der Waals surface area contributed by atoms with E-state index >= 15 is 0 Å². The molecular formula is C25H31N5O5. The second-order valence-electron chi connectivity index (χ2n) is 8.16. The van der Waals surface area contributed by atoms with Crippen LogP contribution in [0.15, 0.2) is 54.6 Å². The van der Waals surface area contributed by atoms with Gasteiger partial charge in [-0.25, -0.2) is 0 Å². The SMILES string of the molecule is NC(=O)CC[C@H](NC(=O)[C@H](CCC(N)=O)NC(=O)CCc1ccc(-c2ccccc2)cc1)C(N)=O. The van der Waals surface area contributed by atoms with Crippen molar-refractivity contribution < 1.29 is 24.0 Å². The topological polar surface area (TPSA) is 187 Å². The molecular weight excluding hydrogens is 450 g/mol. The minimum Gasteiger partial charge on any atom is -0.370 e. The summed E-state index contributed by atoms with van der Waals surface area (Å²) in [4.78, 5) is 59.1. The fourth-order valence-electron chi connectivity index (χ4n) is 3.42. The van der Waals surface area contributed by atoms with Crippen molar-refractivity contribution in [3.05, 3.63) is 60.2 Å². The van der Waals surface area contributed by atoms with Gasteiger partial charge < -0.3 is 27.8 Å². The normalized spacial score (nSPS) is 12.2. The third kappa shape index (κ3) is 9.66. The predicted molar refractivity (Wildman–Crippen MR) is 130 cm³/mol. The fraction of sp³-hybridized carbons (Fsp3) is 0.320. The minimum absolute atomic E-state index is 0.0556. The summed E-state index contributed by atoms with van der Waals surface area (Å²) >= 11 is 0. The van der Waals surface area contributed by atoms with Crippen LogP contribution in [0.3, 0.4) is 0 Å². The molecule has 0 aliphatic carbocycles. The zero-order valence-corrected chi connectivity index (χ0v) is 19.4. The molecule has 0 fully saturated rings. The van der Waals surface area contributed by atoms with Crippen molar-refractivity contribution in [1.29, 1.82) is 0 Å². The quantitative estimate of drug-likeness (QED) is 0.258. The lowest BCUT2D eigenvalue weighted by molar-refractivity contribution is -0.132. The third-order valence-electron chi connectivity index (χ3n) is 5.37. The van der Waals surface area contributed by atoms with Crippen molar-refractivity contribution in [1.82, 2.24) is 10.6 Å². The number of primary amides is 3. The number of hydrogen-bond acceptors (Lipinski definition) is 5. The van der Waals surface area contributed by atoms with Gasteiger partial charge in [-0.1, -0.05) is 54.6 Å². The van der Waals surface area contributed by atoms with Crippen molar-refractivity contribution in [2.45, 2.75) is 50.6 Å². The summed E-state index contributed by atoms with van der Waals surface area (Å²) < 4.78 is 0. The maximum absolute atomic E-state index is 12.7. The molecule has 0 aliphatic heterocycles. The monoisotopic (exact) mass is 481 g/mol. The van der Waals surface area contributed by atoms with E-state index in [1.807, 2.05) is 54.6 Å². The standard InChI is InChI=1S/C25H31N5O5/c26-21(31)13-11-19(24(28)34)30-25(35)20(12-14-22(27)32)29-23(33)15-8-16-6-9-18(10-7-16)17-4-2-1-3-5-17/h1-7,9-10,19-20H,8,11-15H2,(H2,26,31)(H2,27,32)(H2,28,34)(H,29,33)(H,30,35)/t19-,20-/m0/s1. The van der Waals surface area contributed by atoms with Crippen LogP contribution in [0.4, 0.5) is 0 Å². The number of nitrogens with two attached hydrogens (primary N) is 3. The summed E-state index contributed by atoms with van der Waals surface area (Å²) in [5.41, 5.74) is 18.6. The molecule has 0 aromatic heterocycles. The molecule has 0 heterocycles. The van der Waals surface area contributed by atoms with Crippen LogP contribution in [0, 0.1) is 0 Å². The van der Waals surface area contributed by atoms with E-state index in [9.17, 15) is 24.0 Å². The molecule has 0 unspecified atom stereocenters. The molecule has 5 amide bonds. The Morgan fingerprint density at radius 3 is 1.74 bits per heavy atom. The molecule has 2 rings (SSSR count). The van der Waals surface area contributed by atoms with Crippen LogP contribution >= 0.6 is 0 Å². The van der Waals surface area contributed by atoms with Crippen LogP contribution in [-0.2, 0) is 30.4 Å². The zero-order chi connectivity index (χ0) is 25.8. The van der Waals surface area contributed by atoms with Crippen LogP contribution in [-0.4, -0.2) is 41.6 Å². The molecule has 0 spiro atoms. The minimum atomic E-state index is -1.15. The first kappa shape index (κ1) is 27.0. The Balaban J connectivity index is 1.96. The Hall–Kier alpha value is -4.21. The summed E-state index contributed by atoms with van der Waals surface area (Å²) in [6, 6.07) is 15.5. The van der Waals surface area contributed by atoms with E-state index in [2.05, 4.69) is 10.6 Å². The van der Waals surface area contributed by atoms with Crippen molar-refractivity contribution in [3.8, 4) is 11.1 Å². The van der Waals surface area contributed by atoms with E-state index in [1.165, 1.54) is 0 Å². The molecule has 2 aromatic rings. The zero-order valence-electron chi connectivity index (χ0n) is 19.4. The van der Waals surface area contributed by atoms with Gasteiger partial charge in [0.05, 0.1) is 0 Å². The second kappa shape index (κ2) is 13.5. The van der Waals surface area contributed by atoms with Crippen LogP contribution in [0.5, 0.6) is 0 Å². The number of benzene rings is 2. The van der Waals surface area contributed by atoms with Gasteiger partial charge in [-0.2, -0.15) is 0 Å². The van der Waals surface area contributed by atoms with Crippen molar-refractivity contribution >= 4 is 29.5 Å². The third-order valence-corrected chi connectivity index (χ3v) is 5.37. The number of nitrogens with one attached hydrogen (secondary N) is 2. The molecule has 2 aromatic carbocycles. The highest BCUT2D eigenvalue weighted by atomic mass is 16.2. The average molecular weight is 482 g/mol. The van der Waals surface area contributed by atoms with Gasteiger partial charge >= 0.3 is 0 Å². The second-order valence-corrected chi connectivity index (χ2v) is 8.16. The van der Waals surface area contributed by atoms with Gasteiger partial charge in [-0.3, -0.25) is 24.0 Å². The van der Waals surface area contributed by atoms with E-state index in [-0.39, 0.29) is 32.1 Å². The van der Waals surface area contributed by atoms with Crippen LogP contribution < -0.4 is 27.8 Å². The molecule has 10 heteroatoms. The lowest BCUT2D eigenvalue weighted by Crippen LogP contribution is -2.53. The maximum atomic E-state index is 12.7. The van der Waals surface area contributed by atoms with Gasteiger partial charge in [0.1, 0.15) is 12.1 Å². The lowest BCUT2D eigenvalue weighted by atomic mass is 10.0. The van der Waals surface area contributed by atoms with Gasteiger partial charge in [-0.05, 0) is 36.0 Å². The van der Waals surface area contributed by atoms with Crippen LogP contribution in [0.2, 0.25) is 0 Å². The highest BCUT2D eigenvalue weighted by Crippen LogP contribution is 2.19. The molecule has 0 saturated carbocycles. The predicted octanol–water partition coefficient (Wildman–Crippen LogP) is 0.272. The Labute approximate surface area is 203 Å². The van der Waals surface area contributed by atoms with Gasteiger partial charge in [0.15, 0.2) is 0 Å². The van der Waals surface area contributed by atoms with E-state index in [1.54, 1.807) is 0 Å². The van der Waals surface area contributed by atoms with Crippen molar-refractivity contribution in [2.75, 3.05) is 0 Å².